The third-order valence-corrected chi connectivity index (χ3v) is 9.41. The van der Waals surface area contributed by atoms with Crippen molar-refractivity contribution in [2.75, 3.05) is 0 Å². The van der Waals surface area contributed by atoms with E-state index in [4.69, 9.17) is 4.42 Å². The summed E-state index contributed by atoms with van der Waals surface area (Å²) in [7, 11) is 0. The van der Waals surface area contributed by atoms with Crippen LogP contribution in [0.1, 0.15) is 0 Å². The van der Waals surface area contributed by atoms with Gasteiger partial charge in [-0.15, -0.1) is 11.3 Å². The molecule has 0 radical (unpaired) electrons. The van der Waals surface area contributed by atoms with E-state index >= 15 is 0 Å². The largest absolute Gasteiger partial charge is 0.455 e. The van der Waals surface area contributed by atoms with Crippen molar-refractivity contribution < 1.29 is 4.42 Å². The summed E-state index contributed by atoms with van der Waals surface area (Å²) in [6, 6.07) is 49.8. The Labute approximate surface area is 240 Å². The van der Waals surface area contributed by atoms with Crippen molar-refractivity contribution in [2.45, 2.75) is 0 Å². The molecule has 0 atom stereocenters. The Morgan fingerprint density at radius 3 is 2.02 bits per heavy atom. The van der Waals surface area contributed by atoms with E-state index in [0.717, 1.165) is 33.1 Å². The van der Waals surface area contributed by atoms with Gasteiger partial charge in [-0.05, 0) is 47.0 Å². The monoisotopic (exact) mass is 541 g/mol. The predicted molar refractivity (Wildman–Crippen MR) is 174 cm³/mol. The second-order valence-corrected chi connectivity index (χ2v) is 11.6. The number of nitrogens with zero attached hydrogens (tertiary/aromatic N) is 1. The molecule has 3 heterocycles. The first-order valence-electron chi connectivity index (χ1n) is 13.9. The van der Waals surface area contributed by atoms with Crippen LogP contribution in [0.25, 0.3) is 81.1 Å². The average molecular weight is 542 g/mol. The van der Waals surface area contributed by atoms with Crippen LogP contribution in [0.5, 0.6) is 0 Å². The van der Waals surface area contributed by atoms with Crippen molar-refractivity contribution in [3.8, 4) is 27.9 Å². The molecule has 6 aromatic carbocycles. The number of aromatic nitrogens is 1. The number of rotatable bonds is 3. The molecular formula is C38H23NOS. The van der Waals surface area contributed by atoms with E-state index in [2.05, 4.69) is 132 Å². The Morgan fingerprint density at radius 1 is 0.512 bits per heavy atom. The zero-order chi connectivity index (χ0) is 26.9. The first kappa shape index (κ1) is 22.7. The molecule has 2 nitrogen and oxygen atoms in total. The molecular weight excluding hydrogens is 518 g/mol. The third-order valence-electron chi connectivity index (χ3n) is 8.23. The van der Waals surface area contributed by atoms with Crippen LogP contribution >= 0.6 is 11.3 Å². The molecule has 0 unspecified atom stereocenters. The van der Waals surface area contributed by atoms with Gasteiger partial charge >= 0.3 is 0 Å². The number of benzene rings is 6. The molecule has 0 N–H and O–H groups in total. The fourth-order valence-corrected chi connectivity index (χ4v) is 7.65. The van der Waals surface area contributed by atoms with E-state index in [1.165, 1.54) is 48.0 Å². The zero-order valence-electron chi connectivity index (χ0n) is 22.0. The second-order valence-electron chi connectivity index (χ2n) is 10.5. The van der Waals surface area contributed by atoms with Gasteiger partial charge in [-0.25, -0.2) is 0 Å². The van der Waals surface area contributed by atoms with Crippen molar-refractivity contribution in [2.24, 2.45) is 0 Å². The molecule has 0 saturated heterocycles. The molecule has 192 valence electrons. The number of hydrogen-bond acceptors (Lipinski definition) is 2. The Balaban J connectivity index is 1.26. The predicted octanol–water partition coefficient (Wildman–Crippen LogP) is 11.2. The maximum absolute atomic E-state index is 6.33. The number of hydrogen-bond donors (Lipinski definition) is 0. The fraction of sp³-hybridized carbons (Fsp3) is 0. The number of fused-ring (bicyclic) bond motifs is 8. The van der Waals surface area contributed by atoms with Gasteiger partial charge in [0.1, 0.15) is 11.2 Å². The summed E-state index contributed by atoms with van der Waals surface area (Å²) in [5.74, 6) is 0. The molecule has 0 aliphatic carbocycles. The van der Waals surface area contributed by atoms with Gasteiger partial charge in [-0.2, -0.15) is 0 Å². The van der Waals surface area contributed by atoms with E-state index in [0.29, 0.717) is 0 Å². The number of para-hydroxylation sites is 4. The Morgan fingerprint density at radius 2 is 1.17 bits per heavy atom. The molecule has 0 aliphatic heterocycles. The van der Waals surface area contributed by atoms with Crippen LogP contribution in [0.15, 0.2) is 144 Å². The highest BCUT2D eigenvalue weighted by atomic mass is 32.1. The van der Waals surface area contributed by atoms with Crippen molar-refractivity contribution in [1.29, 1.82) is 0 Å². The summed E-state index contributed by atoms with van der Waals surface area (Å²) in [4.78, 5) is 0. The molecule has 0 fully saturated rings. The van der Waals surface area contributed by atoms with Gasteiger partial charge < -0.3 is 8.98 Å². The molecule has 0 bridgehead atoms. The van der Waals surface area contributed by atoms with Gasteiger partial charge in [0.15, 0.2) is 0 Å². The van der Waals surface area contributed by atoms with Crippen LogP contribution in [0.3, 0.4) is 0 Å². The standard InChI is InChI=1S/C38H23NOS/c1-2-10-26(11-3-1)39-32-17-6-4-13-31(32)38-36(39)35-27(14-9-19-34(35)41-38)24-20-22-25(23-21-24)28-15-8-16-30-29-12-5-7-18-33(29)40-37(28)30/h1-23H. The van der Waals surface area contributed by atoms with E-state index in [1.54, 1.807) is 0 Å². The summed E-state index contributed by atoms with van der Waals surface area (Å²) in [6.07, 6.45) is 0. The Bertz CT molecular complexity index is 2410. The first-order valence-corrected chi connectivity index (χ1v) is 14.7. The third kappa shape index (κ3) is 3.30. The van der Waals surface area contributed by atoms with E-state index in [-0.39, 0.29) is 0 Å². The smallest absolute Gasteiger partial charge is 0.143 e. The van der Waals surface area contributed by atoms with Gasteiger partial charge in [0.2, 0.25) is 0 Å². The normalized spacial score (nSPS) is 11.9. The molecule has 9 rings (SSSR count). The molecule has 0 saturated carbocycles. The van der Waals surface area contributed by atoms with E-state index in [9.17, 15) is 0 Å². The fourth-order valence-electron chi connectivity index (χ4n) is 6.40. The van der Waals surface area contributed by atoms with Gasteiger partial charge in [-0.3, -0.25) is 0 Å². The summed E-state index contributed by atoms with van der Waals surface area (Å²) in [6.45, 7) is 0. The summed E-state index contributed by atoms with van der Waals surface area (Å²) in [5, 5.41) is 4.91. The minimum atomic E-state index is 0.925. The average Bonchev–Trinajstić information content (AvgIpc) is 3.70. The minimum absolute atomic E-state index is 0.925. The first-order chi connectivity index (χ1) is 20.3. The molecule has 3 heteroatoms. The van der Waals surface area contributed by atoms with Crippen LogP contribution in [-0.4, -0.2) is 4.57 Å². The second kappa shape index (κ2) is 8.69. The molecule has 0 amide bonds. The quantitative estimate of drug-likeness (QED) is 0.217. The van der Waals surface area contributed by atoms with Gasteiger partial charge in [0.25, 0.3) is 0 Å². The molecule has 0 aliphatic rings. The van der Waals surface area contributed by atoms with Crippen LogP contribution < -0.4 is 0 Å². The maximum atomic E-state index is 6.33. The molecule has 9 aromatic rings. The molecule has 41 heavy (non-hydrogen) atoms. The molecule has 3 aromatic heterocycles. The van der Waals surface area contributed by atoms with Crippen LogP contribution in [0, 0.1) is 0 Å². The van der Waals surface area contributed by atoms with Crippen molar-refractivity contribution in [1.82, 2.24) is 4.57 Å². The summed E-state index contributed by atoms with van der Waals surface area (Å²) < 4.78 is 11.4. The van der Waals surface area contributed by atoms with Crippen molar-refractivity contribution >= 4 is 64.5 Å². The van der Waals surface area contributed by atoms with Crippen LogP contribution in [0.2, 0.25) is 0 Å². The highest BCUT2D eigenvalue weighted by molar-refractivity contribution is 7.26. The van der Waals surface area contributed by atoms with Crippen molar-refractivity contribution in [3.63, 3.8) is 0 Å². The number of furan rings is 1. The maximum Gasteiger partial charge on any atom is 0.143 e. The SMILES string of the molecule is c1ccc(-n2c3ccccc3c3sc4cccc(-c5ccc(-c6cccc7c6oc6ccccc67)cc5)c4c32)cc1. The van der Waals surface area contributed by atoms with Gasteiger partial charge in [-0.1, -0.05) is 109 Å². The van der Waals surface area contributed by atoms with Crippen LogP contribution in [0.4, 0.5) is 0 Å². The highest BCUT2D eigenvalue weighted by Crippen LogP contribution is 2.46. The minimum Gasteiger partial charge on any atom is -0.455 e. The highest BCUT2D eigenvalue weighted by Gasteiger charge is 2.20. The lowest BCUT2D eigenvalue weighted by atomic mass is 9.97. The van der Waals surface area contributed by atoms with Gasteiger partial charge in [0, 0.05) is 37.5 Å². The van der Waals surface area contributed by atoms with Crippen LogP contribution in [-0.2, 0) is 0 Å². The Kier molecular flexibility index (Phi) is 4.80. The zero-order valence-corrected chi connectivity index (χ0v) is 22.9. The lowest BCUT2D eigenvalue weighted by molar-refractivity contribution is 0.670. The summed E-state index contributed by atoms with van der Waals surface area (Å²) in [5.41, 5.74) is 10.3. The Hall–Kier alpha value is -5.12. The van der Waals surface area contributed by atoms with Crippen molar-refractivity contribution in [3.05, 3.63) is 140 Å². The van der Waals surface area contributed by atoms with E-state index in [1.807, 2.05) is 23.5 Å². The topological polar surface area (TPSA) is 18.1 Å². The van der Waals surface area contributed by atoms with E-state index < -0.39 is 0 Å². The summed E-state index contributed by atoms with van der Waals surface area (Å²) >= 11 is 1.89. The van der Waals surface area contributed by atoms with Gasteiger partial charge in [0.05, 0.1) is 15.7 Å². The molecule has 0 spiro atoms. The lowest BCUT2D eigenvalue weighted by Crippen LogP contribution is -1.93. The number of thiophene rings is 1. The lowest BCUT2D eigenvalue weighted by Gasteiger charge is -2.11.